The molecular formula is C17H17NO. The lowest BCUT2D eigenvalue weighted by Gasteiger charge is -2.20. The standard InChI is InChI=1S/C17H17NO/c1-3-7-15-13(5-1)14-6-2-4-8-16(14)17(15)18-12-9-10-19-11-12/h1-8,12,17-18H,9-11H2. The maximum Gasteiger partial charge on any atom is 0.0620 e. The Balaban J connectivity index is 1.77. The van der Waals surface area contributed by atoms with Gasteiger partial charge >= 0.3 is 0 Å². The van der Waals surface area contributed by atoms with Crippen LogP contribution in [0.15, 0.2) is 48.5 Å². The number of rotatable bonds is 2. The molecule has 1 aliphatic heterocycles. The van der Waals surface area contributed by atoms with Crippen LogP contribution in [0.5, 0.6) is 0 Å². The van der Waals surface area contributed by atoms with Gasteiger partial charge in [0.2, 0.25) is 0 Å². The molecule has 96 valence electrons. The summed E-state index contributed by atoms with van der Waals surface area (Å²) in [7, 11) is 0. The van der Waals surface area contributed by atoms with E-state index in [1.54, 1.807) is 0 Å². The van der Waals surface area contributed by atoms with Gasteiger partial charge in [-0.25, -0.2) is 0 Å². The molecule has 0 spiro atoms. The average Bonchev–Trinajstić information content (AvgIpc) is 3.08. The molecule has 1 unspecified atom stereocenters. The van der Waals surface area contributed by atoms with Gasteiger partial charge in [0.1, 0.15) is 0 Å². The smallest absolute Gasteiger partial charge is 0.0620 e. The second-order valence-electron chi connectivity index (χ2n) is 5.33. The molecule has 1 heterocycles. The van der Waals surface area contributed by atoms with Crippen LogP contribution in [0.3, 0.4) is 0 Å². The van der Waals surface area contributed by atoms with Crippen molar-refractivity contribution in [2.24, 2.45) is 0 Å². The third-order valence-corrected chi connectivity index (χ3v) is 4.17. The first-order chi connectivity index (χ1) is 9.43. The van der Waals surface area contributed by atoms with Crippen LogP contribution in [0.2, 0.25) is 0 Å². The molecule has 2 aromatic carbocycles. The van der Waals surface area contributed by atoms with Crippen molar-refractivity contribution in [3.8, 4) is 11.1 Å². The maximum absolute atomic E-state index is 5.48. The van der Waals surface area contributed by atoms with Crippen molar-refractivity contribution in [2.75, 3.05) is 13.2 Å². The van der Waals surface area contributed by atoms with Gasteiger partial charge in [0, 0.05) is 12.6 Å². The lowest BCUT2D eigenvalue weighted by atomic mass is 10.0. The number of fused-ring (bicyclic) bond motifs is 3. The molecule has 1 N–H and O–H groups in total. The fourth-order valence-electron chi connectivity index (χ4n) is 3.24. The molecule has 0 radical (unpaired) electrons. The van der Waals surface area contributed by atoms with E-state index in [1.165, 1.54) is 22.3 Å². The Hall–Kier alpha value is -1.64. The van der Waals surface area contributed by atoms with Crippen LogP contribution in [0.4, 0.5) is 0 Å². The zero-order valence-electron chi connectivity index (χ0n) is 10.8. The van der Waals surface area contributed by atoms with Crippen molar-refractivity contribution in [1.29, 1.82) is 0 Å². The van der Waals surface area contributed by atoms with E-state index in [-0.39, 0.29) is 0 Å². The summed E-state index contributed by atoms with van der Waals surface area (Å²) >= 11 is 0. The number of nitrogens with one attached hydrogen (secondary N) is 1. The summed E-state index contributed by atoms with van der Waals surface area (Å²) in [5, 5.41) is 3.77. The van der Waals surface area contributed by atoms with Gasteiger partial charge in [-0.2, -0.15) is 0 Å². The van der Waals surface area contributed by atoms with Gasteiger partial charge in [-0.05, 0) is 28.7 Å². The van der Waals surface area contributed by atoms with Gasteiger partial charge in [-0.15, -0.1) is 0 Å². The summed E-state index contributed by atoms with van der Waals surface area (Å²) in [6.07, 6.45) is 1.11. The highest BCUT2D eigenvalue weighted by molar-refractivity contribution is 5.78. The molecule has 0 saturated carbocycles. The van der Waals surface area contributed by atoms with Crippen LogP contribution >= 0.6 is 0 Å². The van der Waals surface area contributed by atoms with Crippen molar-refractivity contribution < 1.29 is 4.74 Å². The van der Waals surface area contributed by atoms with Crippen molar-refractivity contribution in [1.82, 2.24) is 5.32 Å². The molecule has 4 rings (SSSR count). The first-order valence-electron chi connectivity index (χ1n) is 6.95. The minimum absolute atomic E-state index is 0.319. The van der Waals surface area contributed by atoms with Gasteiger partial charge in [-0.3, -0.25) is 0 Å². The molecule has 1 aliphatic carbocycles. The van der Waals surface area contributed by atoms with Crippen molar-refractivity contribution in [3.63, 3.8) is 0 Å². The Morgan fingerprint density at radius 3 is 2.11 bits per heavy atom. The number of ether oxygens (including phenoxy) is 1. The summed E-state index contributed by atoms with van der Waals surface area (Å²) in [6.45, 7) is 1.72. The normalized spacial score (nSPS) is 21.4. The van der Waals surface area contributed by atoms with Crippen LogP contribution in [-0.4, -0.2) is 19.3 Å². The highest BCUT2D eigenvalue weighted by atomic mass is 16.5. The van der Waals surface area contributed by atoms with Crippen molar-refractivity contribution >= 4 is 0 Å². The Labute approximate surface area is 113 Å². The number of hydrogen-bond acceptors (Lipinski definition) is 2. The van der Waals surface area contributed by atoms with Crippen molar-refractivity contribution in [3.05, 3.63) is 59.7 Å². The minimum atomic E-state index is 0.319. The fourth-order valence-corrected chi connectivity index (χ4v) is 3.24. The maximum atomic E-state index is 5.48. The Morgan fingerprint density at radius 1 is 0.895 bits per heavy atom. The van der Waals surface area contributed by atoms with Gasteiger partial charge < -0.3 is 10.1 Å². The van der Waals surface area contributed by atoms with Gasteiger partial charge in [-0.1, -0.05) is 48.5 Å². The molecule has 2 heteroatoms. The zero-order valence-corrected chi connectivity index (χ0v) is 10.8. The van der Waals surface area contributed by atoms with E-state index >= 15 is 0 Å². The highest BCUT2D eigenvalue weighted by Gasteiger charge is 2.30. The third kappa shape index (κ3) is 1.79. The quantitative estimate of drug-likeness (QED) is 0.885. The Kier molecular flexibility index (Phi) is 2.64. The van der Waals surface area contributed by atoms with Crippen LogP contribution in [0, 0.1) is 0 Å². The van der Waals surface area contributed by atoms with E-state index in [2.05, 4.69) is 53.8 Å². The first-order valence-corrected chi connectivity index (χ1v) is 6.95. The molecule has 2 nitrogen and oxygen atoms in total. The fraction of sp³-hybridized carbons (Fsp3) is 0.294. The molecular weight excluding hydrogens is 234 g/mol. The lowest BCUT2D eigenvalue weighted by molar-refractivity contribution is 0.189. The van der Waals surface area contributed by atoms with Crippen LogP contribution in [0.25, 0.3) is 11.1 Å². The lowest BCUT2D eigenvalue weighted by Crippen LogP contribution is -2.32. The van der Waals surface area contributed by atoms with E-state index in [0.717, 1.165) is 19.6 Å². The molecule has 0 amide bonds. The minimum Gasteiger partial charge on any atom is -0.380 e. The van der Waals surface area contributed by atoms with E-state index in [1.807, 2.05) is 0 Å². The predicted octanol–water partition coefficient (Wildman–Crippen LogP) is 3.13. The third-order valence-electron chi connectivity index (χ3n) is 4.17. The summed E-state index contributed by atoms with van der Waals surface area (Å²) in [4.78, 5) is 0. The molecule has 19 heavy (non-hydrogen) atoms. The average molecular weight is 251 g/mol. The zero-order chi connectivity index (χ0) is 12.7. The summed E-state index contributed by atoms with van der Waals surface area (Å²) < 4.78 is 5.48. The summed E-state index contributed by atoms with van der Waals surface area (Å²) in [5.74, 6) is 0. The summed E-state index contributed by atoms with van der Waals surface area (Å²) in [5.41, 5.74) is 5.54. The van der Waals surface area contributed by atoms with Crippen LogP contribution in [0.1, 0.15) is 23.6 Å². The predicted molar refractivity (Wildman–Crippen MR) is 76.1 cm³/mol. The molecule has 0 bridgehead atoms. The molecule has 1 saturated heterocycles. The number of benzene rings is 2. The second kappa shape index (κ2) is 4.48. The largest absolute Gasteiger partial charge is 0.380 e. The Bertz CT molecular complexity index is 556. The summed E-state index contributed by atoms with van der Waals surface area (Å²) in [6, 6.07) is 18.2. The van der Waals surface area contributed by atoms with Gasteiger partial charge in [0.15, 0.2) is 0 Å². The molecule has 1 atom stereocenters. The monoisotopic (exact) mass is 251 g/mol. The van der Waals surface area contributed by atoms with Crippen LogP contribution in [-0.2, 0) is 4.74 Å². The number of hydrogen-bond donors (Lipinski definition) is 1. The highest BCUT2D eigenvalue weighted by Crippen LogP contribution is 2.43. The Morgan fingerprint density at radius 2 is 1.53 bits per heavy atom. The van der Waals surface area contributed by atoms with E-state index in [0.29, 0.717) is 12.1 Å². The van der Waals surface area contributed by atoms with Crippen molar-refractivity contribution in [2.45, 2.75) is 18.5 Å². The molecule has 2 aliphatic rings. The SMILES string of the molecule is c1ccc2c(c1)-c1ccccc1C2NC1CCOC1. The molecule has 2 aromatic rings. The van der Waals surface area contributed by atoms with E-state index in [4.69, 9.17) is 4.74 Å². The van der Waals surface area contributed by atoms with E-state index in [9.17, 15) is 0 Å². The second-order valence-corrected chi connectivity index (χ2v) is 5.33. The topological polar surface area (TPSA) is 21.3 Å². The van der Waals surface area contributed by atoms with E-state index < -0.39 is 0 Å². The van der Waals surface area contributed by atoms with Gasteiger partial charge in [0.05, 0.1) is 12.6 Å². The first kappa shape index (κ1) is 11.2. The molecule has 0 aromatic heterocycles. The van der Waals surface area contributed by atoms with Crippen LogP contribution < -0.4 is 5.32 Å². The van der Waals surface area contributed by atoms with Gasteiger partial charge in [0.25, 0.3) is 0 Å². The molecule has 1 fully saturated rings.